The Hall–Kier alpha value is -2.25. The van der Waals surface area contributed by atoms with Crippen LogP contribution in [0, 0.1) is 5.92 Å². The maximum atomic E-state index is 10.3. The lowest BCUT2D eigenvalue weighted by Gasteiger charge is -2.31. The van der Waals surface area contributed by atoms with Crippen LogP contribution in [-0.4, -0.2) is 37.5 Å². The van der Waals surface area contributed by atoms with Crippen LogP contribution >= 0.6 is 0 Å². The first-order chi connectivity index (χ1) is 11.4. The van der Waals surface area contributed by atoms with Gasteiger partial charge in [-0.25, -0.2) is 14.6 Å². The van der Waals surface area contributed by atoms with E-state index in [0.29, 0.717) is 11.4 Å². The van der Waals surface area contributed by atoms with Crippen LogP contribution in [0.1, 0.15) is 27.7 Å². The molecule has 0 aliphatic carbocycles. The van der Waals surface area contributed by atoms with Crippen LogP contribution in [0.2, 0.25) is 0 Å². The summed E-state index contributed by atoms with van der Waals surface area (Å²) in [6.45, 7) is 8.09. The van der Waals surface area contributed by atoms with Gasteiger partial charge >= 0.3 is 7.12 Å². The van der Waals surface area contributed by atoms with Crippen molar-refractivity contribution in [2.45, 2.75) is 33.3 Å². The monoisotopic (exact) mass is 324 g/mol. The Balaban J connectivity index is 1.83. The molecule has 3 aromatic rings. The van der Waals surface area contributed by atoms with E-state index in [9.17, 15) is 5.02 Å². The minimum atomic E-state index is -0.965. The number of aromatic nitrogens is 4. The van der Waals surface area contributed by atoms with Gasteiger partial charge in [0.15, 0.2) is 5.65 Å². The third kappa shape index (κ3) is 3.18. The second kappa shape index (κ2) is 6.34. The molecule has 0 spiro atoms. The summed E-state index contributed by atoms with van der Waals surface area (Å²) in [5.41, 5.74) is 1.91. The lowest BCUT2D eigenvalue weighted by atomic mass is 9.77. The first-order valence-electron chi connectivity index (χ1n) is 7.98. The maximum absolute atomic E-state index is 10.3. The van der Waals surface area contributed by atoms with Gasteiger partial charge in [-0.05, 0) is 37.4 Å². The van der Waals surface area contributed by atoms with Gasteiger partial charge in [0.2, 0.25) is 0 Å². The van der Waals surface area contributed by atoms with Gasteiger partial charge in [0.25, 0.3) is 0 Å². The first kappa shape index (κ1) is 16.6. The topological polar surface area (TPSA) is 73.1 Å². The number of rotatable bonds is 5. The highest BCUT2D eigenvalue weighted by atomic mass is 16.5. The summed E-state index contributed by atoms with van der Waals surface area (Å²) in [4.78, 5) is 8.25. The molecule has 0 aliphatic heterocycles. The molecule has 2 heterocycles. The molecule has 0 aliphatic rings. The summed E-state index contributed by atoms with van der Waals surface area (Å²) in [6.07, 6.45) is 4.96. The van der Waals surface area contributed by atoms with Crippen LogP contribution in [0.5, 0.6) is 0 Å². The fraction of sp³-hybridized carbons (Fsp3) is 0.353. The average Bonchev–Trinajstić information content (AvgIpc) is 2.98. The zero-order valence-electron chi connectivity index (χ0n) is 14.3. The smallest absolute Gasteiger partial charge is 0.423 e. The normalized spacial score (nSPS) is 12.1. The van der Waals surface area contributed by atoms with Crippen molar-refractivity contribution >= 4 is 23.6 Å². The fourth-order valence-corrected chi connectivity index (χ4v) is 2.24. The molecule has 6 nitrogen and oxygen atoms in total. The van der Waals surface area contributed by atoms with E-state index in [-0.39, 0.29) is 0 Å². The van der Waals surface area contributed by atoms with Gasteiger partial charge in [-0.15, -0.1) is 0 Å². The molecule has 0 fully saturated rings. The molecule has 0 amide bonds. The zero-order chi connectivity index (χ0) is 17.3. The standard InChI is InChI=1S/C17H21BN4O2/c1-12(2)17(3,4)24-18(23)14-5-7-15(8-6-14)22-16-13(10-21-22)9-19-11-20-16/h5-12,23H,1-4H3. The number of hydrogen-bond acceptors (Lipinski definition) is 5. The third-order valence-corrected chi connectivity index (χ3v) is 4.46. The minimum absolute atomic E-state index is 0.293. The fourth-order valence-electron chi connectivity index (χ4n) is 2.24. The van der Waals surface area contributed by atoms with Gasteiger partial charge < -0.3 is 9.68 Å². The molecule has 0 saturated carbocycles. The predicted octanol–water partition coefficient (Wildman–Crippen LogP) is 1.95. The third-order valence-electron chi connectivity index (χ3n) is 4.46. The van der Waals surface area contributed by atoms with E-state index in [2.05, 4.69) is 28.9 Å². The first-order valence-corrected chi connectivity index (χ1v) is 7.98. The highest BCUT2D eigenvalue weighted by Crippen LogP contribution is 2.21. The molecule has 1 aromatic carbocycles. The molecule has 7 heteroatoms. The molecule has 0 atom stereocenters. The van der Waals surface area contributed by atoms with Crippen LogP contribution < -0.4 is 5.46 Å². The summed E-state index contributed by atoms with van der Waals surface area (Å²) in [5, 5.41) is 15.6. The Bertz CT molecular complexity index is 830. The Morgan fingerprint density at radius 1 is 1.17 bits per heavy atom. The molecule has 124 valence electrons. The van der Waals surface area contributed by atoms with Gasteiger partial charge in [-0.2, -0.15) is 5.10 Å². The molecule has 1 N–H and O–H groups in total. The largest absolute Gasteiger partial charge is 0.491 e. The second-order valence-electron chi connectivity index (χ2n) is 6.68. The lowest BCUT2D eigenvalue weighted by Crippen LogP contribution is -2.44. The van der Waals surface area contributed by atoms with Crippen molar-refractivity contribution < 1.29 is 9.68 Å². The second-order valence-corrected chi connectivity index (χ2v) is 6.68. The van der Waals surface area contributed by atoms with Crippen molar-refractivity contribution in [1.29, 1.82) is 0 Å². The highest BCUT2D eigenvalue weighted by molar-refractivity contribution is 6.60. The van der Waals surface area contributed by atoms with E-state index in [1.807, 2.05) is 38.1 Å². The van der Waals surface area contributed by atoms with Crippen LogP contribution in [-0.2, 0) is 4.65 Å². The number of benzene rings is 1. The quantitative estimate of drug-likeness (QED) is 0.726. The lowest BCUT2D eigenvalue weighted by molar-refractivity contribution is 0.0423. The molecular weight excluding hydrogens is 303 g/mol. The SMILES string of the molecule is CC(C)C(C)(C)OB(O)c1ccc(-n2ncc3cncnc32)cc1. The van der Waals surface area contributed by atoms with Gasteiger partial charge in [0.05, 0.1) is 22.9 Å². The van der Waals surface area contributed by atoms with Gasteiger partial charge in [-0.3, -0.25) is 0 Å². The van der Waals surface area contributed by atoms with Crippen LogP contribution in [0.25, 0.3) is 16.7 Å². The van der Waals surface area contributed by atoms with Gasteiger partial charge in [0.1, 0.15) is 6.33 Å². The van der Waals surface area contributed by atoms with Crippen LogP contribution in [0.4, 0.5) is 0 Å². The summed E-state index contributed by atoms with van der Waals surface area (Å²) in [7, 11) is -0.965. The maximum Gasteiger partial charge on any atom is 0.491 e. The highest BCUT2D eigenvalue weighted by Gasteiger charge is 2.30. The van der Waals surface area contributed by atoms with Crippen molar-refractivity contribution in [3.8, 4) is 5.69 Å². The predicted molar refractivity (Wildman–Crippen MR) is 94.3 cm³/mol. The van der Waals surface area contributed by atoms with Gasteiger partial charge in [0, 0.05) is 6.20 Å². The minimum Gasteiger partial charge on any atom is -0.423 e. The molecule has 2 aromatic heterocycles. The van der Waals surface area contributed by atoms with Crippen molar-refractivity contribution in [3.05, 3.63) is 43.0 Å². The molecule has 0 bridgehead atoms. The van der Waals surface area contributed by atoms with Crippen molar-refractivity contribution in [3.63, 3.8) is 0 Å². The van der Waals surface area contributed by atoms with E-state index in [1.165, 1.54) is 6.33 Å². The molecule has 3 rings (SSSR count). The van der Waals surface area contributed by atoms with E-state index in [0.717, 1.165) is 16.7 Å². The number of fused-ring (bicyclic) bond motifs is 1. The zero-order valence-corrected chi connectivity index (χ0v) is 14.3. The Morgan fingerprint density at radius 3 is 2.54 bits per heavy atom. The summed E-state index contributed by atoms with van der Waals surface area (Å²) < 4.78 is 7.54. The van der Waals surface area contributed by atoms with Crippen molar-refractivity contribution in [2.75, 3.05) is 0 Å². The van der Waals surface area contributed by atoms with E-state index in [4.69, 9.17) is 4.65 Å². The van der Waals surface area contributed by atoms with Crippen molar-refractivity contribution in [1.82, 2.24) is 19.7 Å². The van der Waals surface area contributed by atoms with Crippen LogP contribution in [0.15, 0.2) is 43.0 Å². The summed E-state index contributed by atoms with van der Waals surface area (Å²) >= 11 is 0. The molecule has 0 saturated heterocycles. The van der Waals surface area contributed by atoms with E-state index >= 15 is 0 Å². The summed E-state index contributed by atoms with van der Waals surface area (Å²) in [5.74, 6) is 0.293. The number of hydrogen-bond donors (Lipinski definition) is 1. The summed E-state index contributed by atoms with van der Waals surface area (Å²) in [6, 6.07) is 7.45. The molecule has 24 heavy (non-hydrogen) atoms. The van der Waals surface area contributed by atoms with E-state index in [1.54, 1.807) is 17.1 Å². The Labute approximate surface area is 141 Å². The molecular formula is C17H21BN4O2. The number of nitrogens with zero attached hydrogens (tertiary/aromatic N) is 4. The van der Waals surface area contributed by atoms with Crippen LogP contribution in [0.3, 0.4) is 0 Å². The van der Waals surface area contributed by atoms with Gasteiger partial charge in [-0.1, -0.05) is 26.0 Å². The molecule has 0 radical (unpaired) electrons. The van der Waals surface area contributed by atoms with E-state index < -0.39 is 12.7 Å². The van der Waals surface area contributed by atoms with Crippen molar-refractivity contribution in [2.24, 2.45) is 5.92 Å². The molecule has 0 unspecified atom stereocenters. The Kier molecular flexibility index (Phi) is 4.38. The average molecular weight is 324 g/mol. The Morgan fingerprint density at radius 2 is 1.88 bits per heavy atom.